The van der Waals surface area contributed by atoms with Gasteiger partial charge in [-0.05, 0) is 19.2 Å². The Bertz CT molecular complexity index is 357. The summed E-state index contributed by atoms with van der Waals surface area (Å²) < 4.78 is 5.26. The van der Waals surface area contributed by atoms with Gasteiger partial charge in [0, 0.05) is 13.1 Å². The highest BCUT2D eigenvalue weighted by Gasteiger charge is 2.42. The zero-order valence-electron chi connectivity index (χ0n) is 9.27. The Kier molecular flexibility index (Phi) is 2.98. The van der Waals surface area contributed by atoms with E-state index < -0.39 is 5.97 Å². The van der Waals surface area contributed by atoms with Crippen molar-refractivity contribution in [2.45, 2.75) is 18.5 Å². The molecule has 0 amide bonds. The molecule has 1 saturated heterocycles. The van der Waals surface area contributed by atoms with Gasteiger partial charge in [-0.3, -0.25) is 9.69 Å². The fourth-order valence-electron chi connectivity index (χ4n) is 2.03. The van der Waals surface area contributed by atoms with Crippen LogP contribution in [0.5, 0.6) is 0 Å². The molecule has 1 aliphatic rings. The van der Waals surface area contributed by atoms with Gasteiger partial charge in [-0.15, -0.1) is 0 Å². The minimum absolute atomic E-state index is 0.164. The number of nitrogens with zero attached hydrogens (tertiary/aromatic N) is 1. The van der Waals surface area contributed by atoms with Crippen molar-refractivity contribution >= 4 is 5.97 Å². The first kappa shape index (κ1) is 11.2. The maximum absolute atomic E-state index is 10.8. The molecule has 0 spiro atoms. The average Bonchev–Trinajstić information content (AvgIpc) is 2.63. The monoisotopic (exact) mass is 224 g/mol. The van der Waals surface area contributed by atoms with Gasteiger partial charge in [0.15, 0.2) is 0 Å². The molecule has 0 saturated carbocycles. The third-order valence-electron chi connectivity index (χ3n) is 3.17. The SMILES string of the molecule is CN(Cc1ccco1)C1(CC(=O)O)CNC1. The van der Waals surface area contributed by atoms with Crippen molar-refractivity contribution < 1.29 is 14.3 Å². The number of carbonyl (C=O) groups is 1. The summed E-state index contributed by atoms with van der Waals surface area (Å²) in [5, 5.41) is 12.0. The van der Waals surface area contributed by atoms with Crippen LogP contribution in [0.15, 0.2) is 22.8 Å². The van der Waals surface area contributed by atoms with Crippen LogP contribution in [-0.2, 0) is 11.3 Å². The summed E-state index contributed by atoms with van der Waals surface area (Å²) in [6.07, 6.45) is 1.79. The molecule has 0 atom stereocenters. The van der Waals surface area contributed by atoms with Gasteiger partial charge < -0.3 is 14.8 Å². The zero-order chi connectivity index (χ0) is 11.6. The second-order valence-electron chi connectivity index (χ2n) is 4.33. The molecule has 2 rings (SSSR count). The normalized spacial score (nSPS) is 18.4. The molecule has 1 aromatic heterocycles. The lowest BCUT2D eigenvalue weighted by atomic mass is 9.86. The second-order valence-corrected chi connectivity index (χ2v) is 4.33. The second kappa shape index (κ2) is 4.27. The Balaban J connectivity index is 2.01. The third kappa shape index (κ3) is 2.10. The molecule has 1 fully saturated rings. The summed E-state index contributed by atoms with van der Waals surface area (Å²) in [6.45, 7) is 2.08. The van der Waals surface area contributed by atoms with Crippen LogP contribution in [0.2, 0.25) is 0 Å². The Morgan fingerprint density at radius 2 is 2.44 bits per heavy atom. The molecule has 1 aliphatic heterocycles. The Hall–Kier alpha value is -1.33. The molecule has 0 aromatic carbocycles. The molecule has 2 heterocycles. The number of hydrogen-bond acceptors (Lipinski definition) is 4. The molecular formula is C11H16N2O3. The molecular weight excluding hydrogens is 208 g/mol. The van der Waals surface area contributed by atoms with E-state index in [-0.39, 0.29) is 12.0 Å². The lowest BCUT2D eigenvalue weighted by molar-refractivity contribution is -0.141. The highest BCUT2D eigenvalue weighted by molar-refractivity contribution is 5.68. The van der Waals surface area contributed by atoms with Gasteiger partial charge in [0.1, 0.15) is 5.76 Å². The van der Waals surface area contributed by atoms with E-state index in [0.29, 0.717) is 6.54 Å². The van der Waals surface area contributed by atoms with Crippen LogP contribution in [0.3, 0.4) is 0 Å². The molecule has 0 unspecified atom stereocenters. The van der Waals surface area contributed by atoms with Gasteiger partial charge >= 0.3 is 5.97 Å². The highest BCUT2D eigenvalue weighted by Crippen LogP contribution is 2.25. The summed E-state index contributed by atoms with van der Waals surface area (Å²) in [5.41, 5.74) is -0.265. The molecule has 16 heavy (non-hydrogen) atoms. The summed E-state index contributed by atoms with van der Waals surface area (Å²) in [4.78, 5) is 12.9. The van der Waals surface area contributed by atoms with E-state index in [9.17, 15) is 4.79 Å². The number of hydrogen-bond donors (Lipinski definition) is 2. The quantitative estimate of drug-likeness (QED) is 0.763. The summed E-state index contributed by atoms with van der Waals surface area (Å²) >= 11 is 0. The standard InChI is InChI=1S/C11H16N2O3/c1-13(6-9-3-2-4-16-9)11(5-10(14)15)7-12-8-11/h2-4,12H,5-8H2,1H3,(H,14,15). The van der Waals surface area contributed by atoms with Gasteiger partial charge in [0.2, 0.25) is 0 Å². The van der Waals surface area contributed by atoms with Crippen molar-refractivity contribution in [3.8, 4) is 0 Å². The van der Waals surface area contributed by atoms with Gasteiger partial charge in [-0.1, -0.05) is 0 Å². The highest BCUT2D eigenvalue weighted by atomic mass is 16.4. The van der Waals surface area contributed by atoms with E-state index >= 15 is 0 Å². The van der Waals surface area contributed by atoms with Crippen molar-refractivity contribution in [3.05, 3.63) is 24.2 Å². The van der Waals surface area contributed by atoms with Crippen molar-refractivity contribution in [2.75, 3.05) is 20.1 Å². The van der Waals surface area contributed by atoms with Crippen molar-refractivity contribution in [2.24, 2.45) is 0 Å². The molecule has 0 aliphatic carbocycles. The molecule has 2 N–H and O–H groups in total. The lowest BCUT2D eigenvalue weighted by Crippen LogP contribution is -2.68. The van der Waals surface area contributed by atoms with Crippen LogP contribution in [0.4, 0.5) is 0 Å². The van der Waals surface area contributed by atoms with E-state index in [1.807, 2.05) is 19.2 Å². The molecule has 1 aromatic rings. The summed E-state index contributed by atoms with van der Waals surface area (Å²) in [7, 11) is 1.94. The van der Waals surface area contributed by atoms with E-state index in [4.69, 9.17) is 9.52 Å². The Morgan fingerprint density at radius 3 is 2.88 bits per heavy atom. The number of aliphatic carboxylic acids is 1. The van der Waals surface area contributed by atoms with Crippen molar-refractivity contribution in [3.63, 3.8) is 0 Å². The molecule has 0 radical (unpaired) electrons. The first-order valence-electron chi connectivity index (χ1n) is 5.28. The molecule has 0 bridgehead atoms. The number of nitrogens with one attached hydrogen (secondary N) is 1. The first-order valence-corrected chi connectivity index (χ1v) is 5.28. The minimum atomic E-state index is -0.757. The van der Waals surface area contributed by atoms with Crippen LogP contribution in [0, 0.1) is 0 Å². The Morgan fingerprint density at radius 1 is 1.69 bits per heavy atom. The van der Waals surface area contributed by atoms with Crippen LogP contribution in [0.1, 0.15) is 12.2 Å². The maximum Gasteiger partial charge on any atom is 0.305 e. The summed E-state index contributed by atoms with van der Waals surface area (Å²) in [5.74, 6) is 0.104. The fraction of sp³-hybridized carbons (Fsp3) is 0.545. The van der Waals surface area contributed by atoms with E-state index in [1.165, 1.54) is 0 Å². The number of likely N-dealkylation sites (N-methyl/N-ethyl adjacent to an activating group) is 1. The predicted molar refractivity (Wildman–Crippen MR) is 58.0 cm³/mol. The number of furan rings is 1. The van der Waals surface area contributed by atoms with E-state index in [2.05, 4.69) is 10.2 Å². The van der Waals surface area contributed by atoms with Crippen molar-refractivity contribution in [1.29, 1.82) is 0 Å². The molecule has 5 heteroatoms. The maximum atomic E-state index is 10.8. The van der Waals surface area contributed by atoms with E-state index in [0.717, 1.165) is 18.8 Å². The number of rotatable bonds is 5. The van der Waals surface area contributed by atoms with Crippen LogP contribution in [0.25, 0.3) is 0 Å². The Labute approximate surface area is 94.0 Å². The van der Waals surface area contributed by atoms with Crippen LogP contribution < -0.4 is 5.32 Å². The topological polar surface area (TPSA) is 65.7 Å². The molecule has 5 nitrogen and oxygen atoms in total. The van der Waals surface area contributed by atoms with E-state index in [1.54, 1.807) is 6.26 Å². The summed E-state index contributed by atoms with van der Waals surface area (Å²) in [6, 6.07) is 3.74. The molecule has 88 valence electrons. The van der Waals surface area contributed by atoms with Crippen molar-refractivity contribution in [1.82, 2.24) is 10.2 Å². The number of carboxylic acid groups (broad SMARTS) is 1. The van der Waals surface area contributed by atoms with Gasteiger partial charge in [-0.2, -0.15) is 0 Å². The predicted octanol–water partition coefficient (Wildman–Crippen LogP) is 0.528. The van der Waals surface area contributed by atoms with Gasteiger partial charge in [-0.25, -0.2) is 0 Å². The average molecular weight is 224 g/mol. The minimum Gasteiger partial charge on any atom is -0.481 e. The first-order chi connectivity index (χ1) is 7.62. The third-order valence-corrected chi connectivity index (χ3v) is 3.17. The smallest absolute Gasteiger partial charge is 0.305 e. The van der Waals surface area contributed by atoms with Crippen LogP contribution >= 0.6 is 0 Å². The largest absolute Gasteiger partial charge is 0.481 e. The number of carboxylic acids is 1. The lowest BCUT2D eigenvalue weighted by Gasteiger charge is -2.48. The van der Waals surface area contributed by atoms with Crippen LogP contribution in [-0.4, -0.2) is 41.7 Å². The fourth-order valence-corrected chi connectivity index (χ4v) is 2.03. The van der Waals surface area contributed by atoms with Gasteiger partial charge in [0.05, 0.1) is 24.8 Å². The zero-order valence-corrected chi connectivity index (χ0v) is 9.27. The van der Waals surface area contributed by atoms with Gasteiger partial charge in [0.25, 0.3) is 0 Å².